The van der Waals surface area contributed by atoms with E-state index in [0.717, 1.165) is 18.7 Å². The molecule has 0 unspecified atom stereocenters. The largest absolute Gasteiger partial charge is 0.422 e. The molecule has 1 aromatic carbocycles. The number of nitro benzene ring substituents is 1. The first-order chi connectivity index (χ1) is 14.6. The van der Waals surface area contributed by atoms with Gasteiger partial charge in [-0.15, -0.1) is 0 Å². The predicted molar refractivity (Wildman–Crippen MR) is 104 cm³/mol. The quantitative estimate of drug-likeness (QED) is 0.149. The second kappa shape index (κ2) is 7.24. The average molecular weight is 495 g/mol. The summed E-state index contributed by atoms with van der Waals surface area (Å²) in [6.45, 7) is 2.22. The van der Waals surface area contributed by atoms with Crippen LogP contribution in [0.5, 0.6) is 0 Å². The zero-order valence-corrected chi connectivity index (χ0v) is 17.7. The van der Waals surface area contributed by atoms with Crippen LogP contribution in [-0.4, -0.2) is 46.7 Å². The molecule has 2 amide bonds. The van der Waals surface area contributed by atoms with Crippen molar-refractivity contribution in [3.63, 3.8) is 0 Å². The Bertz CT molecular complexity index is 1050. The number of carbonyl (C=O) groups is 4. The van der Waals surface area contributed by atoms with Crippen molar-refractivity contribution >= 4 is 51.1 Å². The number of nitro groups is 1. The topological polar surface area (TPSA) is 142 Å². The summed E-state index contributed by atoms with van der Waals surface area (Å²) >= 11 is 3.18. The van der Waals surface area contributed by atoms with Gasteiger partial charge in [0, 0.05) is 30.5 Å². The molecule has 2 saturated heterocycles. The zero-order valence-electron chi connectivity index (χ0n) is 16.1. The Balaban J connectivity index is 1.75. The van der Waals surface area contributed by atoms with Gasteiger partial charge in [-0.3, -0.25) is 29.3 Å². The lowest BCUT2D eigenvalue weighted by Gasteiger charge is -2.34. The van der Waals surface area contributed by atoms with Gasteiger partial charge in [0.15, 0.2) is 5.60 Å². The molecule has 2 fully saturated rings. The molecule has 2 bridgehead atoms. The Hall–Kier alpha value is -3.12. The summed E-state index contributed by atoms with van der Waals surface area (Å²) in [7, 11) is 0. The summed E-state index contributed by atoms with van der Waals surface area (Å²) in [6, 6.07) is 3.65. The number of rotatable bonds is 5. The maximum atomic E-state index is 13.4. The lowest BCUT2D eigenvalue weighted by Crippen LogP contribution is -2.52. The molecular weight excluding hydrogens is 480 g/mol. The number of ether oxygens (including phenoxy) is 3. The third kappa shape index (κ3) is 3.13. The smallest absolute Gasteiger partial charge is 0.305 e. The Morgan fingerprint density at radius 2 is 1.87 bits per heavy atom. The molecule has 3 heterocycles. The number of halogens is 1. The summed E-state index contributed by atoms with van der Waals surface area (Å²) in [5, 5.41) is 11.0. The molecule has 0 aliphatic carbocycles. The van der Waals surface area contributed by atoms with Crippen LogP contribution < -0.4 is 4.90 Å². The van der Waals surface area contributed by atoms with Crippen LogP contribution in [0.4, 0.5) is 11.4 Å². The molecule has 0 radical (unpaired) electrons. The monoisotopic (exact) mass is 494 g/mol. The fourth-order valence-corrected chi connectivity index (χ4v) is 4.79. The van der Waals surface area contributed by atoms with Crippen LogP contribution >= 0.6 is 15.9 Å². The molecule has 4 atom stereocenters. The lowest BCUT2D eigenvalue weighted by molar-refractivity contribution is -0.384. The summed E-state index contributed by atoms with van der Waals surface area (Å²) in [4.78, 5) is 61.1. The van der Waals surface area contributed by atoms with E-state index in [0.29, 0.717) is 0 Å². The highest BCUT2D eigenvalue weighted by Gasteiger charge is 2.72. The molecule has 31 heavy (non-hydrogen) atoms. The number of anilines is 1. The second-order valence-electron chi connectivity index (χ2n) is 7.25. The first-order valence-electron chi connectivity index (χ1n) is 9.10. The lowest BCUT2D eigenvalue weighted by atomic mass is 9.76. The molecule has 0 aromatic heterocycles. The number of imide groups is 1. The van der Waals surface area contributed by atoms with Crippen LogP contribution in [0.3, 0.4) is 0 Å². The highest BCUT2D eigenvalue weighted by molar-refractivity contribution is 9.10. The number of non-ortho nitro benzene ring substituents is 1. The van der Waals surface area contributed by atoms with Gasteiger partial charge in [-0.2, -0.15) is 0 Å². The number of esters is 2. The summed E-state index contributed by atoms with van der Waals surface area (Å²) in [5.74, 6) is -4.84. The number of benzene rings is 1. The van der Waals surface area contributed by atoms with E-state index < -0.39 is 58.5 Å². The number of hydrogen-bond acceptors (Lipinski definition) is 9. The van der Waals surface area contributed by atoms with Gasteiger partial charge in [-0.1, -0.05) is 6.08 Å². The van der Waals surface area contributed by atoms with Crippen molar-refractivity contribution in [2.45, 2.75) is 31.8 Å². The Morgan fingerprint density at radius 3 is 2.42 bits per heavy atom. The fourth-order valence-electron chi connectivity index (χ4n) is 4.24. The van der Waals surface area contributed by atoms with Crippen LogP contribution in [0.2, 0.25) is 0 Å². The van der Waals surface area contributed by atoms with E-state index in [4.69, 9.17) is 14.2 Å². The van der Waals surface area contributed by atoms with Crippen molar-refractivity contribution in [2.24, 2.45) is 11.8 Å². The summed E-state index contributed by atoms with van der Waals surface area (Å²) in [6.07, 6.45) is 0.656. The highest BCUT2D eigenvalue weighted by atomic mass is 79.9. The van der Waals surface area contributed by atoms with E-state index in [-0.39, 0.29) is 15.8 Å². The van der Waals surface area contributed by atoms with Crippen LogP contribution in [-0.2, 0) is 33.4 Å². The zero-order chi connectivity index (χ0) is 22.7. The summed E-state index contributed by atoms with van der Waals surface area (Å²) in [5.41, 5.74) is -1.76. The molecule has 1 aromatic rings. The van der Waals surface area contributed by atoms with E-state index in [1.54, 1.807) is 6.08 Å². The van der Waals surface area contributed by atoms with E-state index in [1.807, 2.05) is 0 Å². The van der Waals surface area contributed by atoms with Crippen molar-refractivity contribution in [1.29, 1.82) is 0 Å². The summed E-state index contributed by atoms with van der Waals surface area (Å²) < 4.78 is 16.3. The molecule has 3 aliphatic heterocycles. The van der Waals surface area contributed by atoms with Crippen LogP contribution in [0.25, 0.3) is 0 Å². The molecule has 4 rings (SSSR count). The molecule has 3 aliphatic rings. The third-order valence-electron chi connectivity index (χ3n) is 5.38. The average Bonchev–Trinajstić information content (AvgIpc) is 3.32. The number of nitrogens with zero attached hydrogens (tertiary/aromatic N) is 2. The molecule has 0 spiro atoms. The van der Waals surface area contributed by atoms with Gasteiger partial charge in [0.05, 0.1) is 28.6 Å². The second-order valence-corrected chi connectivity index (χ2v) is 8.11. The number of carbonyl (C=O) groups excluding carboxylic acids is 4. The minimum atomic E-state index is -1.67. The van der Waals surface area contributed by atoms with Gasteiger partial charge in [0.2, 0.25) is 11.8 Å². The van der Waals surface area contributed by atoms with E-state index >= 15 is 0 Å². The molecule has 12 heteroatoms. The maximum absolute atomic E-state index is 13.4. The van der Waals surface area contributed by atoms with Crippen LogP contribution in [0, 0.1) is 22.0 Å². The fraction of sp³-hybridized carbons (Fsp3) is 0.368. The van der Waals surface area contributed by atoms with Crippen molar-refractivity contribution in [3.8, 4) is 0 Å². The SMILES string of the molecule is CC(=O)OC(OC(C)=O)[C@@]12C=C[C@H](O1)[C@H]1C(=O)N(c3ccc([N+](=O)[O-])cc3Br)C(=O)[C@@H]12. The van der Waals surface area contributed by atoms with Crippen molar-refractivity contribution in [3.05, 3.63) is 44.9 Å². The molecule has 11 nitrogen and oxygen atoms in total. The van der Waals surface area contributed by atoms with E-state index in [1.165, 1.54) is 24.3 Å². The van der Waals surface area contributed by atoms with Crippen molar-refractivity contribution in [2.75, 3.05) is 4.90 Å². The first-order valence-corrected chi connectivity index (χ1v) is 9.89. The number of fused-ring (bicyclic) bond motifs is 5. The molecular formula is C19H15BrN2O9. The van der Waals surface area contributed by atoms with Crippen LogP contribution in [0.15, 0.2) is 34.8 Å². The van der Waals surface area contributed by atoms with E-state index in [2.05, 4.69) is 15.9 Å². The minimum absolute atomic E-state index is 0.126. The minimum Gasteiger partial charge on any atom is -0.422 e. The molecule has 0 saturated carbocycles. The van der Waals surface area contributed by atoms with Gasteiger partial charge in [-0.05, 0) is 28.1 Å². The van der Waals surface area contributed by atoms with Gasteiger partial charge in [-0.25, -0.2) is 4.90 Å². The third-order valence-corrected chi connectivity index (χ3v) is 6.01. The number of hydrogen-bond donors (Lipinski definition) is 0. The van der Waals surface area contributed by atoms with Gasteiger partial charge in [0.1, 0.15) is 0 Å². The maximum Gasteiger partial charge on any atom is 0.305 e. The van der Waals surface area contributed by atoms with Crippen LogP contribution in [0.1, 0.15) is 13.8 Å². The Morgan fingerprint density at radius 1 is 1.23 bits per heavy atom. The van der Waals surface area contributed by atoms with Gasteiger partial charge in [0.25, 0.3) is 12.0 Å². The first kappa shape index (κ1) is 21.1. The molecule has 162 valence electrons. The molecule has 0 N–H and O–H groups in total. The van der Waals surface area contributed by atoms with Crippen molar-refractivity contribution in [1.82, 2.24) is 0 Å². The Kier molecular flexibility index (Phi) is 4.93. The standard InChI is InChI=1S/C19H15BrN2O9/c1-8(23)29-18(30-9(2)24)19-6-5-13(31-19)14-15(19)17(26)21(16(14)25)12-4-3-10(22(27)28)7-11(12)20/h3-7,13-15,18H,1-2H3/t13-,14+,15+,19-/m0/s1. The number of amides is 2. The van der Waals surface area contributed by atoms with Gasteiger partial charge >= 0.3 is 11.9 Å². The van der Waals surface area contributed by atoms with Crippen molar-refractivity contribution < 1.29 is 38.3 Å². The predicted octanol–water partition coefficient (Wildman–Crippen LogP) is 1.62. The normalized spacial score (nSPS) is 28.3. The Labute approximate surface area is 183 Å². The van der Waals surface area contributed by atoms with Gasteiger partial charge < -0.3 is 14.2 Å². The van der Waals surface area contributed by atoms with E-state index in [9.17, 15) is 29.3 Å². The highest BCUT2D eigenvalue weighted by Crippen LogP contribution is 2.55.